The lowest BCUT2D eigenvalue weighted by Gasteiger charge is -2.17. The molecule has 0 aromatic carbocycles. The molecule has 0 aromatic rings. The molecule has 1 heterocycles. The van der Waals surface area contributed by atoms with Crippen molar-refractivity contribution in [2.45, 2.75) is 26.3 Å². The summed E-state index contributed by atoms with van der Waals surface area (Å²) >= 11 is 0. The molecule has 8 heavy (non-hydrogen) atoms. The highest BCUT2D eigenvalue weighted by Crippen LogP contribution is 2.03. The van der Waals surface area contributed by atoms with Crippen LogP contribution in [-0.2, 0) is 0 Å². The molecule has 1 aliphatic rings. The number of hydrazone groups is 1. The molecular formula is C6H12N2. The quantitative estimate of drug-likeness (QED) is 0.495. The molecule has 0 spiro atoms. The summed E-state index contributed by atoms with van der Waals surface area (Å²) in [7, 11) is 0. The van der Waals surface area contributed by atoms with Crippen molar-refractivity contribution >= 4 is 6.21 Å². The highest BCUT2D eigenvalue weighted by atomic mass is 15.5. The highest BCUT2D eigenvalue weighted by Gasteiger charge is 2.07. The lowest BCUT2D eigenvalue weighted by molar-refractivity contribution is 0.258. The first-order valence-corrected chi connectivity index (χ1v) is 3.10. The third-order valence-electron chi connectivity index (χ3n) is 1.31. The topological polar surface area (TPSA) is 15.6 Å². The van der Waals surface area contributed by atoms with Crippen LogP contribution in [-0.4, -0.2) is 23.8 Å². The minimum atomic E-state index is 0.578. The second-order valence-corrected chi connectivity index (χ2v) is 2.34. The van der Waals surface area contributed by atoms with Gasteiger partial charge in [0.2, 0.25) is 0 Å². The van der Waals surface area contributed by atoms with E-state index in [0.717, 1.165) is 13.0 Å². The first-order chi connectivity index (χ1) is 3.80. The largest absolute Gasteiger partial charge is 0.295 e. The summed E-state index contributed by atoms with van der Waals surface area (Å²) in [5.41, 5.74) is 0. The Kier molecular flexibility index (Phi) is 1.51. The van der Waals surface area contributed by atoms with Crippen molar-refractivity contribution in [2.75, 3.05) is 6.54 Å². The van der Waals surface area contributed by atoms with E-state index in [9.17, 15) is 0 Å². The fourth-order valence-corrected chi connectivity index (χ4v) is 0.802. The standard InChI is InChI=1S/C6H12N2/c1-6(2)8-5-3-4-7-8/h4,6H,3,5H2,1-2H3. The Bertz CT molecular complexity index is 96.7. The number of hydrogen-bond donors (Lipinski definition) is 0. The van der Waals surface area contributed by atoms with Crippen molar-refractivity contribution in [3.05, 3.63) is 0 Å². The van der Waals surface area contributed by atoms with Crippen molar-refractivity contribution in [2.24, 2.45) is 5.10 Å². The van der Waals surface area contributed by atoms with Gasteiger partial charge in [0.05, 0.1) is 0 Å². The lowest BCUT2D eigenvalue weighted by atomic mass is 10.4. The van der Waals surface area contributed by atoms with Crippen molar-refractivity contribution in [3.8, 4) is 0 Å². The third kappa shape index (κ3) is 0.997. The van der Waals surface area contributed by atoms with E-state index in [1.54, 1.807) is 0 Å². The summed E-state index contributed by atoms with van der Waals surface area (Å²) in [6.45, 7) is 5.42. The second kappa shape index (κ2) is 2.16. The summed E-state index contributed by atoms with van der Waals surface area (Å²) in [5.74, 6) is 0. The van der Waals surface area contributed by atoms with Crippen molar-refractivity contribution in [1.29, 1.82) is 0 Å². The van der Waals surface area contributed by atoms with Crippen LogP contribution in [0, 0.1) is 0 Å². The van der Waals surface area contributed by atoms with E-state index in [-0.39, 0.29) is 0 Å². The molecule has 0 saturated carbocycles. The molecule has 0 N–H and O–H groups in total. The average Bonchev–Trinajstić information content (AvgIpc) is 2.12. The SMILES string of the molecule is CC(C)N1CCC=N1. The summed E-state index contributed by atoms with van der Waals surface area (Å²) in [6, 6.07) is 0.578. The summed E-state index contributed by atoms with van der Waals surface area (Å²) < 4.78 is 0. The fraction of sp³-hybridized carbons (Fsp3) is 0.833. The zero-order valence-electron chi connectivity index (χ0n) is 5.46. The maximum Gasteiger partial charge on any atom is 0.0414 e. The van der Waals surface area contributed by atoms with Crippen LogP contribution < -0.4 is 0 Å². The van der Waals surface area contributed by atoms with E-state index < -0.39 is 0 Å². The highest BCUT2D eigenvalue weighted by molar-refractivity contribution is 5.58. The molecule has 0 aromatic heterocycles. The Morgan fingerprint density at radius 3 is 2.62 bits per heavy atom. The van der Waals surface area contributed by atoms with Gasteiger partial charge in [-0.05, 0) is 13.8 Å². The van der Waals surface area contributed by atoms with E-state index >= 15 is 0 Å². The third-order valence-corrected chi connectivity index (χ3v) is 1.31. The molecule has 0 radical (unpaired) electrons. The van der Waals surface area contributed by atoms with Gasteiger partial charge >= 0.3 is 0 Å². The van der Waals surface area contributed by atoms with E-state index in [1.165, 1.54) is 0 Å². The number of rotatable bonds is 1. The zero-order chi connectivity index (χ0) is 5.98. The zero-order valence-corrected chi connectivity index (χ0v) is 5.46. The molecule has 2 heteroatoms. The van der Waals surface area contributed by atoms with Crippen molar-refractivity contribution < 1.29 is 0 Å². The van der Waals surface area contributed by atoms with Gasteiger partial charge in [0.15, 0.2) is 0 Å². The van der Waals surface area contributed by atoms with Crippen LogP contribution >= 0.6 is 0 Å². The van der Waals surface area contributed by atoms with E-state index in [0.29, 0.717) is 6.04 Å². The molecule has 1 rings (SSSR count). The minimum Gasteiger partial charge on any atom is -0.295 e. The van der Waals surface area contributed by atoms with Gasteiger partial charge in [-0.3, -0.25) is 5.01 Å². The van der Waals surface area contributed by atoms with Crippen LogP contribution in [0.2, 0.25) is 0 Å². The first kappa shape index (κ1) is 5.60. The van der Waals surface area contributed by atoms with E-state index in [1.807, 2.05) is 6.21 Å². The number of nitrogens with zero attached hydrogens (tertiary/aromatic N) is 2. The summed E-state index contributed by atoms with van der Waals surface area (Å²) in [4.78, 5) is 0. The van der Waals surface area contributed by atoms with Crippen LogP contribution in [0.5, 0.6) is 0 Å². The maximum absolute atomic E-state index is 4.14. The van der Waals surface area contributed by atoms with E-state index in [4.69, 9.17) is 0 Å². The van der Waals surface area contributed by atoms with Crippen LogP contribution in [0.1, 0.15) is 20.3 Å². The molecule has 0 atom stereocenters. The van der Waals surface area contributed by atoms with Gasteiger partial charge in [-0.2, -0.15) is 5.10 Å². The van der Waals surface area contributed by atoms with Gasteiger partial charge < -0.3 is 0 Å². The predicted octanol–water partition coefficient (Wildman–Crippen LogP) is 1.09. The average molecular weight is 112 g/mol. The van der Waals surface area contributed by atoms with Gasteiger partial charge in [-0.15, -0.1) is 0 Å². The molecule has 0 saturated heterocycles. The van der Waals surface area contributed by atoms with Crippen LogP contribution in [0.15, 0.2) is 5.10 Å². The van der Waals surface area contributed by atoms with Gasteiger partial charge in [-0.1, -0.05) is 0 Å². The Labute approximate surface area is 50.2 Å². The van der Waals surface area contributed by atoms with Gasteiger partial charge in [0.25, 0.3) is 0 Å². The normalized spacial score (nSPS) is 18.6. The minimum absolute atomic E-state index is 0.578. The Morgan fingerprint density at radius 1 is 1.62 bits per heavy atom. The summed E-state index contributed by atoms with van der Waals surface area (Å²) in [6.07, 6.45) is 3.10. The van der Waals surface area contributed by atoms with Gasteiger partial charge in [0.1, 0.15) is 0 Å². The van der Waals surface area contributed by atoms with Crippen molar-refractivity contribution in [1.82, 2.24) is 5.01 Å². The summed E-state index contributed by atoms with van der Waals surface area (Å²) in [5, 5.41) is 6.24. The Balaban J connectivity index is 2.36. The lowest BCUT2D eigenvalue weighted by Crippen LogP contribution is -2.22. The smallest absolute Gasteiger partial charge is 0.0414 e. The molecule has 0 unspecified atom stereocenters. The number of hydrogen-bond acceptors (Lipinski definition) is 2. The molecule has 1 aliphatic heterocycles. The molecule has 2 nitrogen and oxygen atoms in total. The Morgan fingerprint density at radius 2 is 2.38 bits per heavy atom. The van der Waals surface area contributed by atoms with Crippen LogP contribution in [0.4, 0.5) is 0 Å². The monoisotopic (exact) mass is 112 g/mol. The van der Waals surface area contributed by atoms with Crippen molar-refractivity contribution in [3.63, 3.8) is 0 Å². The molecule has 0 bridgehead atoms. The molecule has 0 amide bonds. The van der Waals surface area contributed by atoms with Crippen LogP contribution in [0.25, 0.3) is 0 Å². The first-order valence-electron chi connectivity index (χ1n) is 3.10. The molecule has 46 valence electrons. The van der Waals surface area contributed by atoms with E-state index in [2.05, 4.69) is 24.0 Å². The second-order valence-electron chi connectivity index (χ2n) is 2.34. The molecule has 0 aliphatic carbocycles. The van der Waals surface area contributed by atoms with Gasteiger partial charge in [0, 0.05) is 25.2 Å². The predicted molar refractivity (Wildman–Crippen MR) is 35.0 cm³/mol. The van der Waals surface area contributed by atoms with Crippen LogP contribution in [0.3, 0.4) is 0 Å². The fourth-order valence-electron chi connectivity index (χ4n) is 0.802. The van der Waals surface area contributed by atoms with Gasteiger partial charge in [-0.25, -0.2) is 0 Å². The maximum atomic E-state index is 4.14. The Hall–Kier alpha value is -0.530. The molecule has 0 fully saturated rings. The molecular weight excluding hydrogens is 100 g/mol.